The van der Waals surface area contributed by atoms with E-state index in [4.69, 9.17) is 21.6 Å². The number of benzene rings is 1. The fraction of sp³-hybridized carbons (Fsp3) is 0.417. The molecule has 0 aliphatic heterocycles. The van der Waals surface area contributed by atoms with Gasteiger partial charge in [0.2, 0.25) is 0 Å². The van der Waals surface area contributed by atoms with Gasteiger partial charge >= 0.3 is 0 Å². The van der Waals surface area contributed by atoms with Gasteiger partial charge in [-0.25, -0.2) is 4.39 Å². The van der Waals surface area contributed by atoms with E-state index in [1.54, 1.807) is 19.9 Å². The first-order valence-corrected chi connectivity index (χ1v) is 5.63. The number of aryl methyl sites for hydroxylation is 1. The van der Waals surface area contributed by atoms with Gasteiger partial charge in [0.25, 0.3) is 0 Å². The molecule has 0 aromatic heterocycles. The Kier molecular flexibility index (Phi) is 5.20. The van der Waals surface area contributed by atoms with Crippen molar-refractivity contribution >= 4 is 17.3 Å². The minimum Gasteiger partial charge on any atom is -0.382 e. The molecule has 3 nitrogen and oxygen atoms in total. The average Bonchev–Trinajstić information content (AvgIpc) is 2.30. The minimum atomic E-state index is -0.428. The second kappa shape index (κ2) is 6.43. The molecule has 1 unspecified atom stereocenters. The maximum atomic E-state index is 13.1. The maximum absolute atomic E-state index is 13.1. The van der Waals surface area contributed by atoms with Gasteiger partial charge < -0.3 is 10.1 Å². The molecule has 1 N–H and O–H groups in total. The molecule has 1 aromatic carbocycles. The number of anilines is 1. The van der Waals surface area contributed by atoms with Crippen molar-refractivity contribution in [3.05, 3.63) is 28.5 Å². The highest BCUT2D eigenvalue weighted by molar-refractivity contribution is 6.33. The first-order valence-electron chi connectivity index (χ1n) is 5.25. The summed E-state index contributed by atoms with van der Waals surface area (Å²) in [5.74, 6) is -0.324. The van der Waals surface area contributed by atoms with Crippen LogP contribution in [0.25, 0.3) is 0 Å². The maximum Gasteiger partial charge on any atom is 0.141 e. The van der Waals surface area contributed by atoms with E-state index in [0.29, 0.717) is 29.4 Å². The fourth-order valence-corrected chi connectivity index (χ4v) is 1.47. The minimum absolute atomic E-state index is 0.324. The second-order valence-electron chi connectivity index (χ2n) is 3.65. The SMILES string of the molecule is Cc1cc(NCCOC(C)C#N)c(Cl)cc1F. The summed E-state index contributed by atoms with van der Waals surface area (Å²) in [4.78, 5) is 0. The number of nitrogens with zero attached hydrogens (tertiary/aromatic N) is 1. The van der Waals surface area contributed by atoms with Gasteiger partial charge in [-0.1, -0.05) is 11.6 Å². The van der Waals surface area contributed by atoms with Gasteiger partial charge in [0.05, 0.1) is 23.4 Å². The van der Waals surface area contributed by atoms with Crippen LogP contribution >= 0.6 is 11.6 Å². The Hall–Kier alpha value is -1.31. The standard InChI is InChI=1S/C12H14ClFN2O/c1-8-5-12(10(13)6-11(8)14)16-3-4-17-9(2)7-15/h5-6,9,16H,3-4H2,1-2H3. The Labute approximate surface area is 105 Å². The van der Waals surface area contributed by atoms with Gasteiger partial charge in [-0.2, -0.15) is 5.26 Å². The first kappa shape index (κ1) is 13.8. The zero-order valence-corrected chi connectivity index (χ0v) is 10.5. The summed E-state index contributed by atoms with van der Waals surface area (Å²) in [6, 6.07) is 4.89. The van der Waals surface area contributed by atoms with Crippen molar-refractivity contribution in [2.24, 2.45) is 0 Å². The number of hydrogen-bond donors (Lipinski definition) is 1. The van der Waals surface area contributed by atoms with E-state index in [1.165, 1.54) is 6.07 Å². The summed E-state index contributed by atoms with van der Waals surface area (Å²) in [7, 11) is 0. The van der Waals surface area contributed by atoms with Crippen LogP contribution in [0, 0.1) is 24.1 Å². The Morgan fingerprint density at radius 2 is 2.29 bits per heavy atom. The number of nitrogens with one attached hydrogen (secondary N) is 1. The molecule has 0 radical (unpaired) electrons. The third-order valence-corrected chi connectivity index (χ3v) is 2.53. The molecule has 5 heteroatoms. The van der Waals surface area contributed by atoms with Crippen molar-refractivity contribution < 1.29 is 9.13 Å². The van der Waals surface area contributed by atoms with Gasteiger partial charge in [-0.15, -0.1) is 0 Å². The van der Waals surface area contributed by atoms with Gasteiger partial charge in [0.15, 0.2) is 0 Å². The molecule has 0 heterocycles. The van der Waals surface area contributed by atoms with E-state index in [0.717, 1.165) is 0 Å². The molecule has 0 aliphatic rings. The monoisotopic (exact) mass is 256 g/mol. The lowest BCUT2D eigenvalue weighted by Gasteiger charge is -2.11. The topological polar surface area (TPSA) is 45.0 Å². The molecule has 1 rings (SSSR count). The lowest BCUT2D eigenvalue weighted by Crippen LogP contribution is -2.14. The number of rotatable bonds is 5. The van der Waals surface area contributed by atoms with Crippen LogP contribution in [-0.2, 0) is 4.74 Å². The smallest absolute Gasteiger partial charge is 0.141 e. The van der Waals surface area contributed by atoms with E-state index in [1.807, 2.05) is 6.07 Å². The quantitative estimate of drug-likeness (QED) is 0.824. The number of nitriles is 1. The van der Waals surface area contributed by atoms with E-state index in [9.17, 15) is 4.39 Å². The highest BCUT2D eigenvalue weighted by Crippen LogP contribution is 2.24. The Morgan fingerprint density at radius 3 is 2.94 bits per heavy atom. The Morgan fingerprint density at radius 1 is 1.59 bits per heavy atom. The predicted octanol–water partition coefficient (Wildman–Crippen LogP) is 3.13. The highest BCUT2D eigenvalue weighted by Gasteiger charge is 2.05. The second-order valence-corrected chi connectivity index (χ2v) is 4.06. The summed E-state index contributed by atoms with van der Waals surface area (Å²) in [6.45, 7) is 4.25. The third-order valence-electron chi connectivity index (χ3n) is 2.22. The molecule has 0 saturated heterocycles. The normalized spacial score (nSPS) is 11.9. The molecule has 0 fully saturated rings. The van der Waals surface area contributed by atoms with Crippen molar-refractivity contribution in [1.82, 2.24) is 0 Å². The third kappa shape index (κ3) is 4.22. The van der Waals surface area contributed by atoms with E-state index in [2.05, 4.69) is 5.32 Å². The largest absolute Gasteiger partial charge is 0.382 e. The van der Waals surface area contributed by atoms with Gasteiger partial charge in [0, 0.05) is 6.54 Å². The molecule has 1 atom stereocenters. The van der Waals surface area contributed by atoms with E-state index in [-0.39, 0.29) is 5.82 Å². The summed E-state index contributed by atoms with van der Waals surface area (Å²) in [6.07, 6.45) is -0.428. The van der Waals surface area contributed by atoms with Crippen LogP contribution in [0.15, 0.2) is 12.1 Å². The van der Waals surface area contributed by atoms with Gasteiger partial charge in [0.1, 0.15) is 11.9 Å². The number of hydrogen-bond acceptors (Lipinski definition) is 3. The summed E-state index contributed by atoms with van der Waals surface area (Å²) in [5.41, 5.74) is 1.20. The number of ether oxygens (including phenoxy) is 1. The summed E-state index contributed by atoms with van der Waals surface area (Å²) in [5, 5.41) is 11.9. The van der Waals surface area contributed by atoms with Gasteiger partial charge in [-0.05, 0) is 31.5 Å². The van der Waals surface area contributed by atoms with Crippen LogP contribution in [0.3, 0.4) is 0 Å². The van der Waals surface area contributed by atoms with Crippen LogP contribution in [0.4, 0.5) is 10.1 Å². The zero-order chi connectivity index (χ0) is 12.8. The van der Waals surface area contributed by atoms with Crippen molar-refractivity contribution in [3.8, 4) is 6.07 Å². The van der Waals surface area contributed by atoms with E-state index < -0.39 is 6.10 Å². The molecule has 0 spiro atoms. The van der Waals surface area contributed by atoms with Crippen molar-refractivity contribution in [3.63, 3.8) is 0 Å². The van der Waals surface area contributed by atoms with Crippen LogP contribution < -0.4 is 5.32 Å². The van der Waals surface area contributed by atoms with Crippen molar-refractivity contribution in [1.29, 1.82) is 5.26 Å². The summed E-state index contributed by atoms with van der Waals surface area (Å²) < 4.78 is 18.3. The zero-order valence-electron chi connectivity index (χ0n) is 9.76. The highest BCUT2D eigenvalue weighted by atomic mass is 35.5. The average molecular weight is 257 g/mol. The van der Waals surface area contributed by atoms with Crippen molar-refractivity contribution in [2.75, 3.05) is 18.5 Å². The van der Waals surface area contributed by atoms with Gasteiger partial charge in [-0.3, -0.25) is 0 Å². The number of halogens is 2. The molecular weight excluding hydrogens is 243 g/mol. The lowest BCUT2D eigenvalue weighted by atomic mass is 10.2. The van der Waals surface area contributed by atoms with Crippen LogP contribution in [0.5, 0.6) is 0 Å². The van der Waals surface area contributed by atoms with Crippen LogP contribution in [-0.4, -0.2) is 19.3 Å². The molecule has 0 saturated carbocycles. The van der Waals surface area contributed by atoms with Crippen molar-refractivity contribution in [2.45, 2.75) is 20.0 Å². The molecule has 1 aromatic rings. The molecule has 92 valence electrons. The summed E-state index contributed by atoms with van der Waals surface area (Å²) >= 11 is 5.87. The van der Waals surface area contributed by atoms with Crippen LogP contribution in [0.1, 0.15) is 12.5 Å². The molecule has 0 bridgehead atoms. The molecule has 17 heavy (non-hydrogen) atoms. The first-order chi connectivity index (χ1) is 8.04. The lowest BCUT2D eigenvalue weighted by molar-refractivity contribution is 0.111. The van der Waals surface area contributed by atoms with E-state index >= 15 is 0 Å². The molecular formula is C12H14ClFN2O. The molecule has 0 aliphatic carbocycles. The Balaban J connectivity index is 2.47. The van der Waals surface area contributed by atoms with Crippen LogP contribution in [0.2, 0.25) is 5.02 Å². The fourth-order valence-electron chi connectivity index (χ4n) is 1.25. The molecule has 0 amide bonds. The Bertz CT molecular complexity index is 431. The predicted molar refractivity (Wildman–Crippen MR) is 65.7 cm³/mol.